The van der Waals surface area contributed by atoms with Crippen molar-refractivity contribution in [2.45, 2.75) is 6.42 Å². The fourth-order valence-corrected chi connectivity index (χ4v) is 1.97. The predicted molar refractivity (Wildman–Crippen MR) is 80.8 cm³/mol. The van der Waals surface area contributed by atoms with E-state index in [1.54, 1.807) is 18.2 Å². The molecule has 0 saturated heterocycles. The quantitative estimate of drug-likeness (QED) is 0.635. The molecule has 4 amide bonds. The molecule has 0 aliphatic rings. The number of fused-ring (bicyclic) bond motifs is 1. The Kier molecular flexibility index (Phi) is 4.52. The van der Waals surface area contributed by atoms with Crippen LogP contribution in [0.25, 0.3) is 10.8 Å². The molecular formula is C14H15N5O3. The summed E-state index contributed by atoms with van der Waals surface area (Å²) in [6.45, 7) is 0.0444. The number of aromatic nitrogens is 1. The van der Waals surface area contributed by atoms with Gasteiger partial charge in [0.1, 0.15) is 11.5 Å². The summed E-state index contributed by atoms with van der Waals surface area (Å²) >= 11 is 0. The van der Waals surface area contributed by atoms with Crippen molar-refractivity contribution in [2.24, 2.45) is 5.73 Å². The van der Waals surface area contributed by atoms with E-state index in [-0.39, 0.29) is 24.5 Å². The third kappa shape index (κ3) is 3.69. The van der Waals surface area contributed by atoms with Crippen LogP contribution in [0.3, 0.4) is 0 Å². The number of amides is 4. The van der Waals surface area contributed by atoms with Gasteiger partial charge in [-0.25, -0.2) is 9.78 Å². The molecule has 0 unspecified atom stereocenters. The first kappa shape index (κ1) is 15.2. The molecule has 0 aliphatic heterocycles. The van der Waals surface area contributed by atoms with E-state index < -0.39 is 17.8 Å². The summed E-state index contributed by atoms with van der Waals surface area (Å²) in [5.74, 6) is -0.788. The molecule has 0 bridgehead atoms. The van der Waals surface area contributed by atoms with Gasteiger partial charge in [-0.05, 0) is 11.5 Å². The number of nitrogens with two attached hydrogens (primary N) is 2. The van der Waals surface area contributed by atoms with E-state index in [1.165, 1.54) is 0 Å². The van der Waals surface area contributed by atoms with Gasteiger partial charge in [-0.2, -0.15) is 0 Å². The number of pyridine rings is 1. The van der Waals surface area contributed by atoms with Crippen LogP contribution >= 0.6 is 0 Å². The molecule has 8 nitrogen and oxygen atoms in total. The van der Waals surface area contributed by atoms with Crippen LogP contribution in [0.1, 0.15) is 16.9 Å². The number of anilines is 1. The number of primary amides is 1. The second kappa shape index (κ2) is 6.53. The Hall–Kier alpha value is -3.16. The zero-order valence-electron chi connectivity index (χ0n) is 11.6. The number of hydrogen-bond donors (Lipinski definition) is 4. The van der Waals surface area contributed by atoms with Gasteiger partial charge in [0.2, 0.25) is 5.91 Å². The molecule has 114 valence electrons. The van der Waals surface area contributed by atoms with Crippen LogP contribution in [0.5, 0.6) is 0 Å². The van der Waals surface area contributed by atoms with Gasteiger partial charge < -0.3 is 16.8 Å². The first-order valence-electron chi connectivity index (χ1n) is 6.50. The number of carbonyl (C=O) groups is 3. The molecule has 0 aliphatic carbocycles. The highest BCUT2D eigenvalue weighted by molar-refractivity contribution is 6.06. The lowest BCUT2D eigenvalue weighted by Gasteiger charge is -2.08. The average Bonchev–Trinajstić information content (AvgIpc) is 2.45. The zero-order valence-corrected chi connectivity index (χ0v) is 11.6. The van der Waals surface area contributed by atoms with E-state index in [9.17, 15) is 14.4 Å². The number of nitrogens with zero attached hydrogens (tertiary/aromatic N) is 1. The van der Waals surface area contributed by atoms with Crippen molar-refractivity contribution in [1.29, 1.82) is 0 Å². The molecular weight excluding hydrogens is 286 g/mol. The summed E-state index contributed by atoms with van der Waals surface area (Å²) in [7, 11) is 0. The van der Waals surface area contributed by atoms with Crippen molar-refractivity contribution in [3.63, 3.8) is 0 Å². The van der Waals surface area contributed by atoms with Gasteiger partial charge in [0.15, 0.2) is 0 Å². The summed E-state index contributed by atoms with van der Waals surface area (Å²) in [6.07, 6.45) is -0.0745. The highest BCUT2D eigenvalue weighted by Gasteiger charge is 2.13. The van der Waals surface area contributed by atoms with Crippen LogP contribution in [0, 0.1) is 0 Å². The summed E-state index contributed by atoms with van der Waals surface area (Å²) in [5, 5.41) is 5.92. The number of urea groups is 1. The Balaban J connectivity index is 2.07. The van der Waals surface area contributed by atoms with Gasteiger partial charge in [0.25, 0.3) is 5.91 Å². The smallest absolute Gasteiger partial charge is 0.318 e. The topological polar surface area (TPSA) is 140 Å². The van der Waals surface area contributed by atoms with Crippen molar-refractivity contribution < 1.29 is 14.4 Å². The molecule has 22 heavy (non-hydrogen) atoms. The number of imide groups is 1. The van der Waals surface area contributed by atoms with Crippen LogP contribution in [-0.2, 0) is 4.79 Å². The Bertz CT molecular complexity index is 744. The number of rotatable bonds is 4. The maximum Gasteiger partial charge on any atom is 0.318 e. The number of carbonyl (C=O) groups excluding carboxylic acids is 3. The Labute approximate surface area is 125 Å². The van der Waals surface area contributed by atoms with Gasteiger partial charge in [-0.15, -0.1) is 0 Å². The van der Waals surface area contributed by atoms with Crippen LogP contribution in [0.4, 0.5) is 10.6 Å². The number of benzene rings is 1. The SMILES string of the molecule is NC(=O)NC(=O)CCNC(=O)c1nc(N)cc2ccccc12. The van der Waals surface area contributed by atoms with Crippen LogP contribution in [-0.4, -0.2) is 29.4 Å². The van der Waals surface area contributed by atoms with E-state index in [1.807, 2.05) is 17.4 Å². The summed E-state index contributed by atoms with van der Waals surface area (Å²) in [5.41, 5.74) is 10.7. The molecule has 2 aromatic rings. The predicted octanol–water partition coefficient (Wildman–Crippen LogP) is 0.132. The highest BCUT2D eigenvalue weighted by Crippen LogP contribution is 2.19. The van der Waals surface area contributed by atoms with Crippen LogP contribution in [0.2, 0.25) is 0 Å². The molecule has 1 heterocycles. The Morgan fingerprint density at radius 2 is 1.91 bits per heavy atom. The molecule has 1 aromatic carbocycles. The zero-order chi connectivity index (χ0) is 16.1. The number of nitrogens with one attached hydrogen (secondary N) is 2. The fourth-order valence-electron chi connectivity index (χ4n) is 1.97. The minimum Gasteiger partial charge on any atom is -0.384 e. The summed E-state index contributed by atoms with van der Waals surface area (Å²) < 4.78 is 0. The third-order valence-corrected chi connectivity index (χ3v) is 2.88. The molecule has 1 aromatic heterocycles. The normalized spacial score (nSPS) is 10.2. The molecule has 8 heteroatoms. The maximum absolute atomic E-state index is 12.2. The minimum absolute atomic E-state index is 0.0444. The van der Waals surface area contributed by atoms with Crippen LogP contribution < -0.4 is 22.1 Å². The second-order valence-corrected chi connectivity index (χ2v) is 4.54. The maximum atomic E-state index is 12.2. The Morgan fingerprint density at radius 3 is 2.64 bits per heavy atom. The van der Waals surface area contributed by atoms with E-state index in [0.717, 1.165) is 5.39 Å². The van der Waals surface area contributed by atoms with Gasteiger partial charge in [0.05, 0.1) is 0 Å². The first-order valence-corrected chi connectivity index (χ1v) is 6.50. The molecule has 0 saturated carbocycles. The van der Waals surface area contributed by atoms with E-state index in [4.69, 9.17) is 11.5 Å². The number of hydrogen-bond acceptors (Lipinski definition) is 5. The van der Waals surface area contributed by atoms with Gasteiger partial charge in [-0.1, -0.05) is 24.3 Å². The largest absolute Gasteiger partial charge is 0.384 e. The second-order valence-electron chi connectivity index (χ2n) is 4.54. The standard InChI is InChI=1S/C14H15N5O3/c15-10-7-8-3-1-2-4-9(8)12(18-10)13(21)17-6-5-11(20)19-14(16)22/h1-4,7H,5-6H2,(H2,15,18)(H,17,21)(H3,16,19,20,22). The molecule has 0 spiro atoms. The number of nitrogen functional groups attached to an aromatic ring is 1. The lowest BCUT2D eigenvalue weighted by Crippen LogP contribution is -2.37. The van der Waals surface area contributed by atoms with Gasteiger partial charge in [-0.3, -0.25) is 14.9 Å². The lowest BCUT2D eigenvalue weighted by atomic mass is 10.1. The molecule has 0 radical (unpaired) electrons. The Morgan fingerprint density at radius 1 is 1.18 bits per heavy atom. The summed E-state index contributed by atoms with van der Waals surface area (Å²) in [6, 6.07) is 7.95. The van der Waals surface area contributed by atoms with Crippen molar-refractivity contribution in [1.82, 2.24) is 15.6 Å². The molecule has 6 N–H and O–H groups in total. The third-order valence-electron chi connectivity index (χ3n) is 2.88. The van der Waals surface area contributed by atoms with E-state index >= 15 is 0 Å². The lowest BCUT2D eigenvalue weighted by molar-refractivity contribution is -0.119. The van der Waals surface area contributed by atoms with E-state index in [2.05, 4.69) is 10.3 Å². The van der Waals surface area contributed by atoms with Crippen molar-refractivity contribution in [3.05, 3.63) is 36.0 Å². The minimum atomic E-state index is -0.931. The van der Waals surface area contributed by atoms with Crippen molar-refractivity contribution >= 4 is 34.4 Å². The summed E-state index contributed by atoms with van der Waals surface area (Å²) in [4.78, 5) is 37.9. The average molecular weight is 301 g/mol. The fraction of sp³-hybridized carbons (Fsp3) is 0.143. The first-order chi connectivity index (χ1) is 10.5. The highest BCUT2D eigenvalue weighted by atomic mass is 16.2. The monoisotopic (exact) mass is 301 g/mol. The van der Waals surface area contributed by atoms with Crippen molar-refractivity contribution in [2.75, 3.05) is 12.3 Å². The van der Waals surface area contributed by atoms with Crippen molar-refractivity contribution in [3.8, 4) is 0 Å². The van der Waals surface area contributed by atoms with E-state index in [0.29, 0.717) is 5.39 Å². The van der Waals surface area contributed by atoms with Crippen LogP contribution in [0.15, 0.2) is 30.3 Å². The van der Waals surface area contributed by atoms with Gasteiger partial charge in [0, 0.05) is 18.4 Å². The molecule has 0 atom stereocenters. The molecule has 2 rings (SSSR count). The molecule has 0 fully saturated rings. The van der Waals surface area contributed by atoms with Gasteiger partial charge >= 0.3 is 6.03 Å².